The van der Waals surface area contributed by atoms with Crippen LogP contribution in [0.25, 0.3) is 0 Å². The van der Waals surface area contributed by atoms with Crippen LogP contribution in [0.15, 0.2) is 72.8 Å². The highest BCUT2D eigenvalue weighted by molar-refractivity contribution is 6.00. The fraction of sp³-hybridized carbons (Fsp3) is 0.231. The Hall–Kier alpha value is -3.47. The van der Waals surface area contributed by atoms with Gasteiger partial charge in [0.05, 0.1) is 0 Å². The van der Waals surface area contributed by atoms with Gasteiger partial charge >= 0.3 is 0 Å². The van der Waals surface area contributed by atoms with Gasteiger partial charge in [-0.3, -0.25) is 4.79 Å². The van der Waals surface area contributed by atoms with Crippen molar-refractivity contribution in [3.05, 3.63) is 89.7 Å². The molecule has 1 fully saturated rings. The molecule has 0 aliphatic carbocycles. The maximum Gasteiger partial charge on any atom is 0.230 e. The van der Waals surface area contributed by atoms with Crippen molar-refractivity contribution in [1.29, 1.82) is 5.41 Å². The number of rotatable bonds is 7. The molecule has 1 saturated heterocycles. The molecule has 0 bridgehead atoms. The van der Waals surface area contributed by atoms with Crippen LogP contribution in [0.4, 0.5) is 21.5 Å². The summed E-state index contributed by atoms with van der Waals surface area (Å²) in [6, 6.07) is 22.1. The molecule has 1 heterocycles. The molecule has 1 aliphatic rings. The topological polar surface area (TPSA) is 56.2 Å². The van der Waals surface area contributed by atoms with Crippen LogP contribution < -0.4 is 10.2 Å². The van der Waals surface area contributed by atoms with Gasteiger partial charge in [0, 0.05) is 40.8 Å². The predicted octanol–water partition coefficient (Wildman–Crippen LogP) is 5.94. The zero-order valence-corrected chi connectivity index (χ0v) is 17.5. The molecule has 3 aromatic rings. The summed E-state index contributed by atoms with van der Waals surface area (Å²) in [5, 5.41) is 11.1. The van der Waals surface area contributed by atoms with Crippen molar-refractivity contribution in [1.82, 2.24) is 0 Å². The summed E-state index contributed by atoms with van der Waals surface area (Å²) in [4.78, 5) is 15.2. The summed E-state index contributed by atoms with van der Waals surface area (Å²) >= 11 is 0. The molecule has 4 nitrogen and oxygen atoms in total. The van der Waals surface area contributed by atoms with Gasteiger partial charge < -0.3 is 15.6 Å². The zero-order chi connectivity index (χ0) is 21.8. The first-order chi connectivity index (χ1) is 15.1. The molecule has 1 amide bonds. The fourth-order valence-electron chi connectivity index (χ4n) is 4.29. The summed E-state index contributed by atoms with van der Waals surface area (Å²) in [6.45, 7) is 2.11. The Morgan fingerprint density at radius 2 is 1.84 bits per heavy atom. The number of halogens is 1. The molecule has 3 aromatic carbocycles. The van der Waals surface area contributed by atoms with Crippen LogP contribution >= 0.6 is 0 Å². The number of carbonyl (C=O) groups is 1. The van der Waals surface area contributed by atoms with Crippen molar-refractivity contribution in [2.75, 3.05) is 10.2 Å². The predicted molar refractivity (Wildman–Crippen MR) is 124 cm³/mol. The molecule has 31 heavy (non-hydrogen) atoms. The first kappa shape index (κ1) is 20.8. The molecular weight excluding hydrogens is 389 g/mol. The average molecular weight is 416 g/mol. The molecule has 1 aliphatic heterocycles. The normalized spacial score (nSPS) is 18.3. The minimum atomic E-state index is -0.295. The summed E-state index contributed by atoms with van der Waals surface area (Å²) < 4.78 is 13.2. The number of nitrogens with zero attached hydrogens (tertiary/aromatic N) is 1. The molecule has 4 rings (SSSR count). The maximum absolute atomic E-state index is 13.3. The van der Waals surface area contributed by atoms with Crippen LogP contribution in [-0.2, 0) is 11.2 Å². The Bertz CT molecular complexity index is 1070. The van der Waals surface area contributed by atoms with Crippen molar-refractivity contribution in [3.8, 4) is 0 Å². The van der Waals surface area contributed by atoms with Crippen molar-refractivity contribution in [3.63, 3.8) is 0 Å². The molecule has 0 aromatic heterocycles. The highest BCUT2D eigenvalue weighted by Crippen LogP contribution is 2.35. The standard InChI is InChI=1S/C26H26FN3O/c1-2-23-15-19(14-18-6-4-3-5-7-18)26(31)30(23)24-12-13-25(20(16-24)17-28)29-22-10-8-21(27)9-11-22/h3-13,16-17,19,23,28-29H,2,14-15H2,1H3/t19?,23-/m1/s1. The van der Waals surface area contributed by atoms with E-state index in [1.165, 1.54) is 23.9 Å². The van der Waals surface area contributed by atoms with Gasteiger partial charge in [-0.15, -0.1) is 0 Å². The first-order valence-corrected chi connectivity index (χ1v) is 10.6. The van der Waals surface area contributed by atoms with Crippen molar-refractivity contribution < 1.29 is 9.18 Å². The second kappa shape index (κ2) is 9.13. The lowest BCUT2D eigenvalue weighted by molar-refractivity contribution is -0.120. The lowest BCUT2D eigenvalue weighted by Gasteiger charge is -2.25. The minimum absolute atomic E-state index is 0.0344. The summed E-state index contributed by atoms with van der Waals surface area (Å²) in [6.07, 6.45) is 3.73. The number of hydrogen-bond acceptors (Lipinski definition) is 3. The van der Waals surface area contributed by atoms with Crippen molar-refractivity contribution in [2.45, 2.75) is 32.2 Å². The van der Waals surface area contributed by atoms with E-state index in [-0.39, 0.29) is 23.7 Å². The van der Waals surface area contributed by atoms with E-state index in [1.54, 1.807) is 12.1 Å². The second-order valence-electron chi connectivity index (χ2n) is 7.94. The maximum atomic E-state index is 13.3. The molecule has 0 spiro atoms. The summed E-state index contributed by atoms with van der Waals surface area (Å²) in [5.41, 5.74) is 4.15. The third-order valence-corrected chi connectivity index (χ3v) is 5.90. The SMILES string of the molecule is CC[C@@H]1CC(Cc2ccccc2)C(=O)N1c1ccc(Nc2ccc(F)cc2)c(C=N)c1. The highest BCUT2D eigenvalue weighted by atomic mass is 19.1. The van der Waals surface area contributed by atoms with Gasteiger partial charge in [-0.1, -0.05) is 37.3 Å². The van der Waals surface area contributed by atoms with E-state index < -0.39 is 0 Å². The molecular formula is C26H26FN3O. The Kier molecular flexibility index (Phi) is 6.12. The van der Waals surface area contributed by atoms with Crippen LogP contribution in [0.2, 0.25) is 0 Å². The van der Waals surface area contributed by atoms with Gasteiger partial charge in [-0.25, -0.2) is 4.39 Å². The third kappa shape index (κ3) is 4.50. The van der Waals surface area contributed by atoms with E-state index in [2.05, 4.69) is 24.4 Å². The molecule has 2 N–H and O–H groups in total. The molecule has 0 saturated carbocycles. The van der Waals surface area contributed by atoms with Crippen LogP contribution in [0.5, 0.6) is 0 Å². The van der Waals surface area contributed by atoms with Crippen LogP contribution in [0, 0.1) is 17.1 Å². The summed E-state index contributed by atoms with van der Waals surface area (Å²) in [5.74, 6) is -0.185. The van der Waals surface area contributed by atoms with Gasteiger partial charge in [0.15, 0.2) is 0 Å². The minimum Gasteiger partial charge on any atom is -0.355 e. The number of nitrogens with one attached hydrogen (secondary N) is 2. The van der Waals surface area contributed by atoms with E-state index in [0.29, 0.717) is 5.56 Å². The average Bonchev–Trinajstić information content (AvgIpc) is 3.11. The van der Waals surface area contributed by atoms with E-state index >= 15 is 0 Å². The largest absolute Gasteiger partial charge is 0.355 e. The molecule has 1 unspecified atom stereocenters. The lowest BCUT2D eigenvalue weighted by Crippen LogP contribution is -2.33. The quantitative estimate of drug-likeness (QED) is 0.469. The molecule has 2 atom stereocenters. The highest BCUT2D eigenvalue weighted by Gasteiger charge is 2.39. The van der Waals surface area contributed by atoms with E-state index in [4.69, 9.17) is 5.41 Å². The van der Waals surface area contributed by atoms with E-state index in [0.717, 1.165) is 36.3 Å². The van der Waals surface area contributed by atoms with Crippen molar-refractivity contribution in [2.24, 2.45) is 5.92 Å². The summed E-state index contributed by atoms with van der Waals surface area (Å²) in [7, 11) is 0. The first-order valence-electron chi connectivity index (χ1n) is 10.6. The Labute approximate surface area is 182 Å². The number of hydrogen-bond donors (Lipinski definition) is 2. The van der Waals surface area contributed by atoms with Crippen LogP contribution in [0.1, 0.15) is 30.9 Å². The van der Waals surface area contributed by atoms with Gasteiger partial charge in [-0.05, 0) is 67.3 Å². The molecule has 0 radical (unpaired) electrons. The van der Waals surface area contributed by atoms with Gasteiger partial charge in [0.2, 0.25) is 5.91 Å². The monoisotopic (exact) mass is 415 g/mol. The van der Waals surface area contributed by atoms with Gasteiger partial charge in [0.25, 0.3) is 0 Å². The van der Waals surface area contributed by atoms with E-state index in [9.17, 15) is 9.18 Å². The number of carbonyl (C=O) groups excluding carboxylic acids is 1. The lowest BCUT2D eigenvalue weighted by atomic mass is 9.96. The van der Waals surface area contributed by atoms with E-state index in [1.807, 2.05) is 41.3 Å². The Morgan fingerprint density at radius 1 is 1.10 bits per heavy atom. The van der Waals surface area contributed by atoms with Crippen molar-refractivity contribution >= 4 is 29.2 Å². The second-order valence-corrected chi connectivity index (χ2v) is 7.94. The van der Waals surface area contributed by atoms with Gasteiger partial charge in [0.1, 0.15) is 5.82 Å². The number of anilines is 3. The van der Waals surface area contributed by atoms with Gasteiger partial charge in [-0.2, -0.15) is 0 Å². The smallest absolute Gasteiger partial charge is 0.230 e. The third-order valence-electron chi connectivity index (χ3n) is 5.90. The van der Waals surface area contributed by atoms with Crippen LogP contribution in [0.3, 0.4) is 0 Å². The Balaban J connectivity index is 1.57. The number of benzene rings is 3. The Morgan fingerprint density at radius 3 is 2.52 bits per heavy atom. The molecule has 5 heteroatoms. The zero-order valence-electron chi connectivity index (χ0n) is 17.5. The van der Waals surface area contributed by atoms with Crippen LogP contribution in [-0.4, -0.2) is 18.2 Å². The fourth-order valence-corrected chi connectivity index (χ4v) is 4.29. The number of amides is 1. The molecule has 158 valence electrons.